The van der Waals surface area contributed by atoms with Gasteiger partial charge in [0.2, 0.25) is 0 Å². The lowest BCUT2D eigenvalue weighted by atomic mass is 10.0. The summed E-state index contributed by atoms with van der Waals surface area (Å²) in [4.78, 5) is 25.6. The predicted octanol–water partition coefficient (Wildman–Crippen LogP) is 6.95. The van der Waals surface area contributed by atoms with Gasteiger partial charge in [0.1, 0.15) is 0 Å². The number of hydrogen-bond donors (Lipinski definition) is 1. The number of benzene rings is 3. The molecule has 1 aromatic heterocycles. The predicted molar refractivity (Wildman–Crippen MR) is 149 cm³/mol. The Labute approximate surface area is 233 Å². The quantitative estimate of drug-likeness (QED) is 0.184. The number of hydrogen-bond acceptors (Lipinski definition) is 5. The summed E-state index contributed by atoms with van der Waals surface area (Å²) in [5, 5.41) is 10.7. The van der Waals surface area contributed by atoms with Gasteiger partial charge in [-0.1, -0.05) is 64.6 Å². The van der Waals surface area contributed by atoms with Gasteiger partial charge in [-0.25, -0.2) is 22.0 Å². The van der Waals surface area contributed by atoms with E-state index in [1.54, 1.807) is 26.0 Å². The first-order valence-corrected chi connectivity index (χ1v) is 13.8. The lowest BCUT2D eigenvalue weighted by molar-refractivity contribution is -0.130. The van der Waals surface area contributed by atoms with Gasteiger partial charge in [0.25, 0.3) is 10.0 Å². The Hall–Kier alpha value is -3.30. The maximum absolute atomic E-state index is 14.0. The number of halogens is 3. The highest BCUT2D eigenvalue weighted by Gasteiger charge is 2.33. The maximum Gasteiger partial charge on any atom is 0.356 e. The van der Waals surface area contributed by atoms with E-state index < -0.39 is 27.7 Å². The van der Waals surface area contributed by atoms with E-state index in [2.05, 4.69) is 0 Å². The van der Waals surface area contributed by atoms with Crippen LogP contribution in [-0.4, -0.2) is 36.0 Å². The molecule has 0 aliphatic carbocycles. The molecule has 0 aliphatic heterocycles. The number of aromatic nitrogens is 1. The van der Waals surface area contributed by atoms with Crippen LogP contribution in [0.3, 0.4) is 0 Å². The van der Waals surface area contributed by atoms with Gasteiger partial charge >= 0.3 is 11.9 Å². The van der Waals surface area contributed by atoms with Gasteiger partial charge in [-0.15, -0.1) is 0 Å². The average molecular weight is 593 g/mol. The molecule has 1 heterocycles. The van der Waals surface area contributed by atoms with Crippen LogP contribution in [0, 0.1) is 6.92 Å². The van der Waals surface area contributed by atoms with Gasteiger partial charge in [0, 0.05) is 21.0 Å². The van der Waals surface area contributed by atoms with Crippen molar-refractivity contribution in [2.75, 3.05) is 6.61 Å². The van der Waals surface area contributed by atoms with Crippen molar-refractivity contribution >= 4 is 79.3 Å². The van der Waals surface area contributed by atoms with Crippen LogP contribution >= 0.6 is 34.8 Å². The number of aliphatic carboxylic acids is 1. The zero-order valence-electron chi connectivity index (χ0n) is 20.0. The number of nitrogens with zero attached hydrogens (tertiary/aromatic N) is 1. The van der Waals surface area contributed by atoms with Crippen molar-refractivity contribution in [2.24, 2.45) is 0 Å². The molecule has 38 heavy (non-hydrogen) atoms. The normalized spacial score (nSPS) is 12.1. The van der Waals surface area contributed by atoms with E-state index in [1.165, 1.54) is 54.6 Å². The SMILES string of the molecule is CCOC(=O)c1c(/C=C(\C(=O)O)c2ccc(Cl)cc2)c2c(Cl)cc(Cl)cc2n1S(=O)(=O)c1ccc(C)cc1. The smallest absolute Gasteiger partial charge is 0.356 e. The number of ether oxygens (including phenoxy) is 1. The molecule has 0 amide bonds. The highest BCUT2D eigenvalue weighted by Crippen LogP contribution is 2.39. The molecule has 3 aromatic carbocycles. The summed E-state index contributed by atoms with van der Waals surface area (Å²) < 4.78 is 34.0. The molecule has 4 rings (SSSR count). The lowest BCUT2D eigenvalue weighted by Crippen LogP contribution is -2.20. The van der Waals surface area contributed by atoms with Crippen molar-refractivity contribution in [3.8, 4) is 0 Å². The summed E-state index contributed by atoms with van der Waals surface area (Å²) in [6.45, 7) is 3.30. The van der Waals surface area contributed by atoms with Crippen LogP contribution in [0.1, 0.15) is 34.1 Å². The molecule has 0 bridgehead atoms. The minimum Gasteiger partial charge on any atom is -0.478 e. The molecule has 0 saturated heterocycles. The number of aryl methyl sites for hydroxylation is 1. The molecule has 0 spiro atoms. The van der Waals surface area contributed by atoms with Crippen LogP contribution in [0.15, 0.2) is 65.6 Å². The summed E-state index contributed by atoms with van der Waals surface area (Å²) in [7, 11) is -4.41. The van der Waals surface area contributed by atoms with E-state index in [4.69, 9.17) is 39.5 Å². The number of carbonyl (C=O) groups excluding carboxylic acids is 1. The fourth-order valence-corrected chi connectivity index (χ4v) is 6.19. The Balaban J connectivity index is 2.18. The van der Waals surface area contributed by atoms with E-state index in [0.29, 0.717) is 5.02 Å². The largest absolute Gasteiger partial charge is 0.478 e. The van der Waals surface area contributed by atoms with E-state index in [9.17, 15) is 23.1 Å². The summed E-state index contributed by atoms with van der Waals surface area (Å²) in [6.07, 6.45) is 1.20. The molecule has 4 aromatic rings. The molecule has 1 N–H and O–H groups in total. The maximum atomic E-state index is 14.0. The van der Waals surface area contributed by atoms with Crippen molar-refractivity contribution < 1.29 is 27.9 Å². The third-order valence-corrected chi connectivity index (χ3v) is 8.18. The van der Waals surface area contributed by atoms with Gasteiger partial charge in [-0.05, 0) is 61.9 Å². The molecular weight excluding hydrogens is 573 g/mol. The zero-order chi connectivity index (χ0) is 27.8. The van der Waals surface area contributed by atoms with Gasteiger partial charge in [0.05, 0.1) is 27.6 Å². The Bertz CT molecular complexity index is 1710. The minimum atomic E-state index is -4.41. The molecule has 0 unspecified atom stereocenters. The number of esters is 1. The third-order valence-electron chi connectivity index (χ3n) is 5.68. The first-order chi connectivity index (χ1) is 17.9. The number of carboxylic acid groups (broad SMARTS) is 1. The van der Waals surface area contributed by atoms with Gasteiger partial charge in [0.15, 0.2) is 5.69 Å². The average Bonchev–Trinajstić information content (AvgIpc) is 3.18. The van der Waals surface area contributed by atoms with Crippen LogP contribution in [0.2, 0.25) is 15.1 Å². The molecule has 11 heteroatoms. The molecule has 0 saturated carbocycles. The summed E-state index contributed by atoms with van der Waals surface area (Å²) >= 11 is 18.8. The van der Waals surface area contributed by atoms with Crippen molar-refractivity contribution in [2.45, 2.75) is 18.7 Å². The molecule has 0 fully saturated rings. The van der Waals surface area contributed by atoms with Gasteiger partial charge < -0.3 is 9.84 Å². The fraction of sp³-hybridized carbons (Fsp3) is 0.111. The Morgan fingerprint density at radius 1 is 0.974 bits per heavy atom. The number of fused-ring (bicyclic) bond motifs is 1. The van der Waals surface area contributed by atoms with E-state index in [0.717, 1.165) is 9.54 Å². The Morgan fingerprint density at radius 2 is 1.61 bits per heavy atom. The first kappa shape index (κ1) is 27.7. The third kappa shape index (κ3) is 5.17. The highest BCUT2D eigenvalue weighted by molar-refractivity contribution is 7.90. The number of carbonyl (C=O) groups is 2. The zero-order valence-corrected chi connectivity index (χ0v) is 23.1. The van der Waals surface area contributed by atoms with E-state index >= 15 is 0 Å². The Morgan fingerprint density at radius 3 is 2.18 bits per heavy atom. The van der Waals surface area contributed by atoms with Crippen LogP contribution in [0.5, 0.6) is 0 Å². The monoisotopic (exact) mass is 591 g/mol. The molecule has 7 nitrogen and oxygen atoms in total. The van der Waals surface area contributed by atoms with Crippen LogP contribution < -0.4 is 0 Å². The topological polar surface area (TPSA) is 103 Å². The second-order valence-corrected chi connectivity index (χ2v) is 11.3. The van der Waals surface area contributed by atoms with Crippen molar-refractivity contribution in [1.82, 2.24) is 3.97 Å². The molecule has 196 valence electrons. The molecule has 0 atom stereocenters. The highest BCUT2D eigenvalue weighted by atomic mass is 35.5. The van der Waals surface area contributed by atoms with Crippen molar-refractivity contribution in [3.05, 3.63) is 98.1 Å². The molecule has 0 radical (unpaired) electrons. The Kier molecular flexibility index (Phi) is 7.90. The number of carboxylic acids is 1. The first-order valence-electron chi connectivity index (χ1n) is 11.2. The summed E-state index contributed by atoms with van der Waals surface area (Å²) in [5.74, 6) is -2.31. The van der Waals surface area contributed by atoms with Gasteiger partial charge in [-0.2, -0.15) is 0 Å². The van der Waals surface area contributed by atoms with Crippen molar-refractivity contribution in [1.29, 1.82) is 0 Å². The molecule has 0 aliphatic rings. The van der Waals surface area contributed by atoms with E-state index in [1.807, 2.05) is 0 Å². The van der Waals surface area contributed by atoms with Crippen LogP contribution in [0.4, 0.5) is 0 Å². The molecular formula is C27H20Cl3NO6S. The minimum absolute atomic E-state index is 0.0155. The fourth-order valence-electron chi connectivity index (χ4n) is 3.98. The lowest BCUT2D eigenvalue weighted by Gasteiger charge is -2.12. The second kappa shape index (κ2) is 10.8. The van der Waals surface area contributed by atoms with Crippen LogP contribution in [0.25, 0.3) is 22.6 Å². The summed E-state index contributed by atoms with van der Waals surface area (Å²) in [5.41, 5.74) is 0.380. The van der Waals surface area contributed by atoms with Gasteiger partial charge in [-0.3, -0.25) is 0 Å². The standard InChI is InChI=1S/C27H20Cl3NO6S/c1-3-37-27(34)25-21(14-20(26(32)33)16-6-8-17(28)9-7-16)24-22(30)12-18(29)13-23(24)31(25)38(35,36)19-10-4-15(2)5-11-19/h4-14H,3H2,1-2H3,(H,32,33)/b20-14-. The van der Waals surface area contributed by atoms with E-state index in [-0.39, 0.29) is 49.2 Å². The number of rotatable bonds is 7. The van der Waals surface area contributed by atoms with Crippen LogP contribution in [-0.2, 0) is 19.6 Å². The summed E-state index contributed by atoms with van der Waals surface area (Å²) in [6, 6.07) is 14.8. The second-order valence-electron chi connectivity index (χ2n) is 8.22. The van der Waals surface area contributed by atoms with Crippen molar-refractivity contribution in [3.63, 3.8) is 0 Å².